The van der Waals surface area contributed by atoms with E-state index in [1.165, 1.54) is 19.2 Å². The summed E-state index contributed by atoms with van der Waals surface area (Å²) < 4.78 is 51.1. The number of carbonyl (C=O) groups excluding carboxylic acids is 2. The van der Waals surface area contributed by atoms with Crippen LogP contribution in [0.3, 0.4) is 0 Å². The van der Waals surface area contributed by atoms with Crippen molar-refractivity contribution in [2.24, 2.45) is 11.8 Å². The number of amides is 2. The molecular weight excluding hydrogens is 722 g/mol. The monoisotopic (exact) mass is 768 g/mol. The fourth-order valence-corrected chi connectivity index (χ4v) is 10.2. The van der Waals surface area contributed by atoms with Gasteiger partial charge in [0.15, 0.2) is 5.82 Å². The predicted octanol–water partition coefficient (Wildman–Crippen LogP) is 6.04. The molecule has 3 saturated heterocycles. The van der Waals surface area contributed by atoms with Crippen LogP contribution < -0.4 is 15.5 Å². The van der Waals surface area contributed by atoms with Crippen LogP contribution in [-0.2, 0) is 14.9 Å². The first-order valence-corrected chi connectivity index (χ1v) is 20.0. The molecular formula is C42H47F3N8O3. The van der Waals surface area contributed by atoms with Gasteiger partial charge in [0.25, 0.3) is 11.8 Å². The van der Waals surface area contributed by atoms with Crippen molar-refractivity contribution < 1.29 is 27.5 Å². The molecule has 2 aromatic heterocycles. The summed E-state index contributed by atoms with van der Waals surface area (Å²) in [5.74, 6) is -3.88. The van der Waals surface area contributed by atoms with E-state index < -0.39 is 29.0 Å². The minimum Gasteiger partial charge on any atom is -0.378 e. The van der Waals surface area contributed by atoms with Gasteiger partial charge in [0.1, 0.15) is 11.3 Å². The van der Waals surface area contributed by atoms with E-state index in [1.54, 1.807) is 13.3 Å². The molecule has 4 aliphatic heterocycles. The number of imidazole rings is 1. The Kier molecular flexibility index (Phi) is 8.16. The van der Waals surface area contributed by atoms with Gasteiger partial charge in [-0.15, -0.1) is 0 Å². The Hall–Kier alpha value is -4.53. The number of nitrogens with zero attached hydrogens (tertiary/aromatic N) is 6. The van der Waals surface area contributed by atoms with Gasteiger partial charge in [0, 0.05) is 66.9 Å². The summed E-state index contributed by atoms with van der Waals surface area (Å²) in [6, 6.07) is 11.6. The lowest BCUT2D eigenvalue weighted by Crippen LogP contribution is -2.59. The third kappa shape index (κ3) is 5.34. The molecule has 2 N–H and O–H groups in total. The van der Waals surface area contributed by atoms with E-state index >= 15 is 4.39 Å². The average molecular weight is 769 g/mol. The lowest BCUT2D eigenvalue weighted by atomic mass is 9.73. The number of piperidine rings is 2. The average Bonchev–Trinajstić information content (AvgIpc) is 3.60. The van der Waals surface area contributed by atoms with Crippen LogP contribution in [0, 0.1) is 24.6 Å². The highest BCUT2D eigenvalue weighted by atomic mass is 19.3. The first-order valence-electron chi connectivity index (χ1n) is 20.0. The highest BCUT2D eigenvalue weighted by Crippen LogP contribution is 2.60. The number of hydrogen-bond donors (Lipinski definition) is 2. The van der Waals surface area contributed by atoms with Crippen molar-refractivity contribution in [3.05, 3.63) is 65.2 Å². The van der Waals surface area contributed by atoms with Crippen LogP contribution in [0.4, 0.5) is 30.4 Å². The van der Waals surface area contributed by atoms with Crippen LogP contribution in [0.2, 0.25) is 0 Å². The summed E-state index contributed by atoms with van der Waals surface area (Å²) in [5.41, 5.74) is 5.02. The van der Waals surface area contributed by atoms with Gasteiger partial charge in [0.2, 0.25) is 5.91 Å². The molecule has 0 bridgehead atoms. The van der Waals surface area contributed by atoms with Crippen molar-refractivity contribution in [3.8, 4) is 11.3 Å². The number of pyridine rings is 1. The number of halogens is 3. The predicted molar refractivity (Wildman–Crippen MR) is 206 cm³/mol. The van der Waals surface area contributed by atoms with Gasteiger partial charge in [-0.05, 0) is 94.9 Å². The van der Waals surface area contributed by atoms with E-state index in [1.807, 2.05) is 35.4 Å². The van der Waals surface area contributed by atoms with E-state index in [0.29, 0.717) is 52.8 Å². The molecule has 294 valence electrons. The Balaban J connectivity index is 1.02. The molecule has 2 aromatic carbocycles. The summed E-state index contributed by atoms with van der Waals surface area (Å²) in [5, 5.41) is 5.84. The number of aryl methyl sites for hydroxylation is 1. The van der Waals surface area contributed by atoms with E-state index in [2.05, 4.69) is 32.6 Å². The summed E-state index contributed by atoms with van der Waals surface area (Å²) in [4.78, 5) is 44.1. The number of likely N-dealkylation sites (tertiary alicyclic amines) is 2. The number of rotatable bonds is 8. The molecule has 11 nitrogen and oxygen atoms in total. The number of carbonyl (C=O) groups is 2. The molecule has 2 amide bonds. The Bertz CT molecular complexity index is 2260. The summed E-state index contributed by atoms with van der Waals surface area (Å²) in [7, 11) is 1.54. The van der Waals surface area contributed by atoms with Crippen LogP contribution in [0.25, 0.3) is 22.3 Å². The van der Waals surface area contributed by atoms with E-state index in [9.17, 15) is 18.4 Å². The minimum absolute atomic E-state index is 0.0233. The minimum atomic E-state index is -2.52. The zero-order valence-corrected chi connectivity index (χ0v) is 32.1. The quantitative estimate of drug-likeness (QED) is 0.224. The van der Waals surface area contributed by atoms with E-state index in [4.69, 9.17) is 14.7 Å². The van der Waals surface area contributed by atoms with Gasteiger partial charge in [0.05, 0.1) is 47.9 Å². The molecule has 6 aliphatic rings. The highest BCUT2D eigenvalue weighted by Gasteiger charge is 2.72. The maximum atomic E-state index is 15.6. The second-order valence-corrected chi connectivity index (χ2v) is 17.2. The van der Waals surface area contributed by atoms with Gasteiger partial charge in [-0.25, -0.2) is 23.1 Å². The molecule has 6 heterocycles. The fourth-order valence-electron chi connectivity index (χ4n) is 10.2. The molecule has 2 saturated carbocycles. The number of alkyl halides is 2. The van der Waals surface area contributed by atoms with Crippen molar-refractivity contribution in [2.75, 3.05) is 56.7 Å². The van der Waals surface area contributed by atoms with Crippen molar-refractivity contribution >= 4 is 40.0 Å². The standard InChI is InChI=1S/C42H47F3N8O3/c1-22(2)52-21-47-35-16-33(48-38(37(35)52)49-34-15-28(39(54)46-4)23(3)11-32(34)43)24-5-6-29-36(12-24)53(26-13-25(14-26)51-17-30-31(18-51)42(30,44)45)40(55)41(29)7-9-50(10-8-41)27-19-56-20-27/h5-6,11-12,15-16,21-22,25-27,30-31H,7-10,13-14,17-20H2,1-4H3,(H,46,54)(H,48,49). The van der Waals surface area contributed by atoms with Gasteiger partial charge >= 0.3 is 0 Å². The number of nitrogens with one attached hydrogen (secondary N) is 2. The maximum Gasteiger partial charge on any atom is 0.257 e. The molecule has 56 heavy (non-hydrogen) atoms. The molecule has 2 unspecified atom stereocenters. The zero-order chi connectivity index (χ0) is 38.8. The molecule has 1 spiro atoms. The molecule has 4 aromatic rings. The zero-order valence-electron chi connectivity index (χ0n) is 32.1. The summed E-state index contributed by atoms with van der Waals surface area (Å²) in [6.07, 6.45) is 4.70. The van der Waals surface area contributed by atoms with Gasteiger partial charge in [-0.2, -0.15) is 0 Å². The second-order valence-electron chi connectivity index (χ2n) is 17.2. The fraction of sp³-hybridized carbons (Fsp3) is 0.524. The normalized spacial score (nSPS) is 26.7. The van der Waals surface area contributed by atoms with Crippen LogP contribution in [0.1, 0.15) is 67.1 Å². The van der Waals surface area contributed by atoms with Crippen molar-refractivity contribution in [1.82, 2.24) is 29.7 Å². The number of anilines is 3. The Morgan fingerprint density at radius 1 is 0.982 bits per heavy atom. The third-order valence-corrected chi connectivity index (χ3v) is 13.8. The molecule has 2 atom stereocenters. The van der Waals surface area contributed by atoms with Crippen LogP contribution >= 0.6 is 0 Å². The van der Waals surface area contributed by atoms with Crippen LogP contribution in [0.15, 0.2) is 42.7 Å². The second kappa shape index (κ2) is 12.7. The topological polar surface area (TPSA) is 108 Å². The lowest BCUT2D eigenvalue weighted by molar-refractivity contribution is -0.128. The number of ether oxygens (including phenoxy) is 1. The highest BCUT2D eigenvalue weighted by molar-refractivity contribution is 6.09. The number of fused-ring (bicyclic) bond motifs is 4. The largest absolute Gasteiger partial charge is 0.378 e. The smallest absolute Gasteiger partial charge is 0.257 e. The number of aromatic nitrogens is 3. The first kappa shape index (κ1) is 35.9. The van der Waals surface area contributed by atoms with Gasteiger partial charge < -0.3 is 24.8 Å². The Morgan fingerprint density at radius 3 is 2.38 bits per heavy atom. The number of benzene rings is 2. The Labute approximate surface area is 323 Å². The van der Waals surface area contributed by atoms with Gasteiger partial charge in [-0.1, -0.05) is 12.1 Å². The third-order valence-electron chi connectivity index (χ3n) is 13.8. The van der Waals surface area contributed by atoms with E-state index in [0.717, 1.165) is 68.8 Å². The maximum absolute atomic E-state index is 15.6. The SMILES string of the molecule is CNC(=O)c1cc(Nc2nc(-c3ccc4c(c3)N(C3CC(N5CC6C(C5)C6(F)F)C3)C(=O)C43CCN(C4COC4)CC3)cc3ncn(C(C)C)c23)c(F)cc1C. The van der Waals surface area contributed by atoms with Crippen molar-refractivity contribution in [3.63, 3.8) is 0 Å². The molecule has 0 radical (unpaired) electrons. The first-order chi connectivity index (χ1) is 26.9. The molecule has 2 aliphatic carbocycles. The van der Waals surface area contributed by atoms with E-state index in [-0.39, 0.29) is 35.6 Å². The Morgan fingerprint density at radius 2 is 1.71 bits per heavy atom. The number of hydrogen-bond acceptors (Lipinski definition) is 8. The molecule has 10 rings (SSSR count). The summed E-state index contributed by atoms with van der Waals surface area (Å²) >= 11 is 0. The van der Waals surface area contributed by atoms with Crippen molar-refractivity contribution in [2.45, 2.75) is 82.0 Å². The van der Waals surface area contributed by atoms with Crippen LogP contribution in [0.5, 0.6) is 0 Å². The molecule has 14 heteroatoms. The van der Waals surface area contributed by atoms with Crippen LogP contribution in [-0.4, -0.2) is 107 Å². The molecule has 5 fully saturated rings. The van der Waals surface area contributed by atoms with Crippen molar-refractivity contribution in [1.29, 1.82) is 0 Å². The lowest BCUT2D eigenvalue weighted by Gasteiger charge is -2.47. The van der Waals surface area contributed by atoms with Gasteiger partial charge in [-0.3, -0.25) is 19.4 Å². The summed E-state index contributed by atoms with van der Waals surface area (Å²) in [6.45, 7) is 9.73.